The van der Waals surface area contributed by atoms with Gasteiger partial charge in [0.2, 0.25) is 11.8 Å². The summed E-state index contributed by atoms with van der Waals surface area (Å²) in [4.78, 5) is 37.8. The summed E-state index contributed by atoms with van der Waals surface area (Å²) in [6.07, 6.45) is -7.14. The molecule has 0 atom stereocenters. The number of aromatic nitrogens is 4. The topological polar surface area (TPSA) is 134 Å². The minimum Gasteiger partial charge on any atom is -0.494 e. The number of benzene rings is 1. The van der Waals surface area contributed by atoms with Gasteiger partial charge in [0.1, 0.15) is 22.2 Å². The first kappa shape index (κ1) is 31.4. The van der Waals surface area contributed by atoms with Gasteiger partial charge in [0, 0.05) is 31.7 Å². The van der Waals surface area contributed by atoms with Crippen molar-refractivity contribution in [1.82, 2.24) is 19.5 Å². The highest BCUT2D eigenvalue weighted by Gasteiger charge is 2.32. The number of nitrogens with zero attached hydrogens (tertiary/aromatic N) is 4. The second-order valence-electron chi connectivity index (χ2n) is 8.49. The molecule has 0 saturated heterocycles. The van der Waals surface area contributed by atoms with E-state index in [1.165, 1.54) is 24.3 Å². The van der Waals surface area contributed by atoms with E-state index >= 15 is 0 Å². The van der Waals surface area contributed by atoms with Crippen LogP contribution in [0.4, 0.5) is 37.8 Å². The number of halogens is 8. The number of ether oxygens (including phenoxy) is 1. The van der Waals surface area contributed by atoms with Crippen LogP contribution in [0, 0.1) is 0 Å². The molecule has 4 rings (SSSR count). The average molecular weight is 649 g/mol. The number of hydrogen-bond donors (Lipinski definition) is 3. The van der Waals surface area contributed by atoms with Crippen LogP contribution in [0.3, 0.4) is 0 Å². The molecule has 18 heteroatoms. The van der Waals surface area contributed by atoms with Gasteiger partial charge in [-0.2, -0.15) is 26.3 Å². The zero-order valence-corrected chi connectivity index (χ0v) is 22.6. The molecule has 43 heavy (non-hydrogen) atoms. The Hall–Kier alpha value is -4.57. The van der Waals surface area contributed by atoms with E-state index in [1.54, 1.807) is 0 Å². The predicted octanol–water partition coefficient (Wildman–Crippen LogP) is 6.03. The van der Waals surface area contributed by atoms with Crippen LogP contribution in [0.1, 0.15) is 16.7 Å². The first-order chi connectivity index (χ1) is 20.1. The van der Waals surface area contributed by atoms with E-state index in [9.17, 15) is 41.0 Å². The molecule has 0 bridgehead atoms. The van der Waals surface area contributed by atoms with Crippen molar-refractivity contribution in [3.63, 3.8) is 0 Å². The minimum atomic E-state index is -4.64. The molecule has 0 unspecified atom stereocenters. The van der Waals surface area contributed by atoms with Gasteiger partial charge >= 0.3 is 18.0 Å². The largest absolute Gasteiger partial charge is 0.494 e. The first-order valence-electron chi connectivity index (χ1n) is 11.7. The highest BCUT2D eigenvalue weighted by atomic mass is 35.5. The molecule has 3 N–H and O–H groups in total. The highest BCUT2D eigenvalue weighted by molar-refractivity contribution is 6.33. The Kier molecular flexibility index (Phi) is 9.01. The number of alkyl halides is 6. The van der Waals surface area contributed by atoms with E-state index in [2.05, 4.69) is 20.3 Å². The second-order valence-corrected chi connectivity index (χ2v) is 9.30. The van der Waals surface area contributed by atoms with Crippen molar-refractivity contribution < 1.29 is 36.2 Å². The van der Waals surface area contributed by atoms with Crippen molar-refractivity contribution in [2.45, 2.75) is 18.9 Å². The number of anilines is 1. The monoisotopic (exact) mass is 648 g/mol. The molecular formula is C25H16Cl2F6N6O4. The number of aromatic hydroxyl groups is 1. The summed E-state index contributed by atoms with van der Waals surface area (Å²) in [5, 5.41) is 12.5. The Morgan fingerprint density at radius 3 is 2.16 bits per heavy atom. The standard InChI is InChI=1S/C25H16Cl2F6N6O4/c26-17-7-12(24(28,29)30)9-36-19(17)34-5-6-39-22(41)16(20(40)38-23(39)42)11-35-14-1-3-15(4-2-14)43-21-18(27)8-13(10-37-21)25(31,32)33/h1-4,7-11,41H,5-6H2,(H,34,36)(H,38,40,42). The number of hydrogen-bond acceptors (Lipinski definition) is 8. The maximum atomic E-state index is 12.8. The van der Waals surface area contributed by atoms with Crippen LogP contribution in [0.25, 0.3) is 0 Å². The van der Waals surface area contributed by atoms with Crippen molar-refractivity contribution >= 4 is 40.9 Å². The fourth-order valence-corrected chi connectivity index (χ4v) is 3.85. The smallest absolute Gasteiger partial charge is 0.417 e. The van der Waals surface area contributed by atoms with Crippen LogP contribution in [0.2, 0.25) is 10.0 Å². The Morgan fingerprint density at radius 1 is 0.977 bits per heavy atom. The van der Waals surface area contributed by atoms with Crippen LogP contribution < -0.4 is 21.3 Å². The van der Waals surface area contributed by atoms with Gasteiger partial charge < -0.3 is 15.2 Å². The molecule has 0 aliphatic heterocycles. The fraction of sp³-hybridized carbons (Fsp3) is 0.160. The van der Waals surface area contributed by atoms with Crippen molar-refractivity contribution in [3.05, 3.63) is 96.4 Å². The molecule has 226 valence electrons. The van der Waals surface area contributed by atoms with E-state index in [1.807, 2.05) is 4.98 Å². The van der Waals surface area contributed by atoms with Crippen LogP contribution in [0.5, 0.6) is 17.5 Å². The molecule has 4 aromatic rings. The molecule has 0 amide bonds. The number of rotatable bonds is 8. The zero-order chi connectivity index (χ0) is 31.5. The van der Waals surface area contributed by atoms with E-state index in [4.69, 9.17) is 27.9 Å². The van der Waals surface area contributed by atoms with Gasteiger partial charge in [-0.25, -0.2) is 14.8 Å². The Labute approximate surface area is 246 Å². The molecule has 3 heterocycles. The predicted molar refractivity (Wildman–Crippen MR) is 144 cm³/mol. The average Bonchev–Trinajstić information content (AvgIpc) is 2.92. The van der Waals surface area contributed by atoms with Gasteiger partial charge in [0.15, 0.2) is 0 Å². The van der Waals surface area contributed by atoms with Gasteiger partial charge in [-0.3, -0.25) is 19.3 Å². The van der Waals surface area contributed by atoms with Gasteiger partial charge in [0.25, 0.3) is 5.56 Å². The third kappa shape index (κ3) is 7.64. The summed E-state index contributed by atoms with van der Waals surface area (Å²) in [5.74, 6) is -0.959. The Morgan fingerprint density at radius 2 is 1.58 bits per heavy atom. The molecule has 0 aliphatic rings. The summed E-state index contributed by atoms with van der Waals surface area (Å²) in [6, 6.07) is 6.95. The molecule has 0 aliphatic carbocycles. The number of nitrogens with one attached hydrogen (secondary N) is 2. The SMILES string of the molecule is O=c1[nH]c(=O)n(CCNc2ncc(C(F)(F)F)cc2Cl)c(O)c1C=Nc1ccc(Oc2ncc(C(F)(F)F)cc2Cl)cc1. The van der Waals surface area contributed by atoms with Crippen molar-refractivity contribution in [2.75, 3.05) is 11.9 Å². The van der Waals surface area contributed by atoms with E-state index in [-0.39, 0.29) is 51.8 Å². The number of pyridine rings is 2. The van der Waals surface area contributed by atoms with E-state index in [0.717, 1.165) is 10.8 Å². The van der Waals surface area contributed by atoms with Crippen LogP contribution in [-0.4, -0.2) is 37.4 Å². The lowest BCUT2D eigenvalue weighted by atomic mass is 10.2. The first-order valence-corrected chi connectivity index (χ1v) is 12.5. The molecular weight excluding hydrogens is 633 g/mol. The van der Waals surface area contributed by atoms with Gasteiger partial charge in [0.05, 0.1) is 21.8 Å². The lowest BCUT2D eigenvalue weighted by Gasteiger charge is -2.12. The quantitative estimate of drug-likeness (QED) is 0.157. The van der Waals surface area contributed by atoms with Crippen molar-refractivity contribution in [3.8, 4) is 17.5 Å². The molecule has 0 radical (unpaired) electrons. The number of H-pyrrole nitrogens is 1. The number of aliphatic imine (C=N–C) groups is 1. The number of aromatic amines is 1. The summed E-state index contributed by atoms with van der Waals surface area (Å²) in [5.41, 5.74) is -4.15. The maximum Gasteiger partial charge on any atom is 0.417 e. The van der Waals surface area contributed by atoms with Crippen LogP contribution in [0.15, 0.2) is 63.4 Å². The highest BCUT2D eigenvalue weighted by Crippen LogP contribution is 2.35. The summed E-state index contributed by atoms with van der Waals surface area (Å²) < 4.78 is 82.9. The van der Waals surface area contributed by atoms with E-state index < -0.39 is 40.6 Å². The summed E-state index contributed by atoms with van der Waals surface area (Å²) in [7, 11) is 0. The van der Waals surface area contributed by atoms with Gasteiger partial charge in [-0.15, -0.1) is 0 Å². The zero-order valence-electron chi connectivity index (χ0n) is 21.1. The summed E-state index contributed by atoms with van der Waals surface area (Å²) in [6.45, 7) is -0.388. The minimum absolute atomic E-state index is 0.0998. The Bertz CT molecular complexity index is 1790. The van der Waals surface area contributed by atoms with Crippen LogP contribution in [-0.2, 0) is 18.9 Å². The molecule has 10 nitrogen and oxygen atoms in total. The maximum absolute atomic E-state index is 12.8. The van der Waals surface area contributed by atoms with Gasteiger partial charge in [-0.05, 0) is 36.4 Å². The molecule has 3 aromatic heterocycles. The lowest BCUT2D eigenvalue weighted by Crippen LogP contribution is -2.33. The van der Waals surface area contributed by atoms with Crippen molar-refractivity contribution in [2.24, 2.45) is 4.99 Å². The molecule has 1 aromatic carbocycles. The van der Waals surface area contributed by atoms with Gasteiger partial charge in [-0.1, -0.05) is 23.2 Å². The van der Waals surface area contributed by atoms with Crippen LogP contribution >= 0.6 is 23.2 Å². The molecule has 0 fully saturated rings. The molecule has 0 spiro atoms. The third-order valence-electron chi connectivity index (χ3n) is 5.53. The normalized spacial score (nSPS) is 12.1. The van der Waals surface area contributed by atoms with Crippen molar-refractivity contribution in [1.29, 1.82) is 0 Å². The lowest BCUT2D eigenvalue weighted by molar-refractivity contribution is -0.138. The third-order valence-corrected chi connectivity index (χ3v) is 6.09. The van der Waals surface area contributed by atoms with E-state index in [0.29, 0.717) is 24.5 Å². The molecule has 0 saturated carbocycles. The fourth-order valence-electron chi connectivity index (χ4n) is 3.41. The summed E-state index contributed by atoms with van der Waals surface area (Å²) >= 11 is 11.7. The Balaban J connectivity index is 1.45. The second kappa shape index (κ2) is 12.3.